The molecule has 0 saturated carbocycles. The minimum atomic E-state index is -0.648. The number of nitrogens with zero attached hydrogens (tertiary/aromatic N) is 1. The van der Waals surface area contributed by atoms with Gasteiger partial charge in [-0.05, 0) is 44.0 Å². The molecule has 1 aromatic rings. The second kappa shape index (κ2) is 5.85. The van der Waals surface area contributed by atoms with Crippen LogP contribution >= 0.6 is 15.9 Å². The van der Waals surface area contributed by atoms with E-state index >= 15 is 0 Å². The predicted molar refractivity (Wildman–Crippen MR) is 74.4 cm³/mol. The quantitative estimate of drug-likeness (QED) is 0.932. The second-order valence-corrected chi connectivity index (χ2v) is 5.92. The molecule has 1 aromatic carbocycles. The summed E-state index contributed by atoms with van der Waals surface area (Å²) in [6.07, 6.45) is 1.52. The summed E-state index contributed by atoms with van der Waals surface area (Å²) in [6.45, 7) is 3.89. The van der Waals surface area contributed by atoms with Crippen LogP contribution in [-0.4, -0.2) is 28.6 Å². The third-order valence-electron chi connectivity index (χ3n) is 3.66. The largest absolute Gasteiger partial charge is 0.481 e. The summed E-state index contributed by atoms with van der Waals surface area (Å²) < 4.78 is 1.09. The highest BCUT2D eigenvalue weighted by Crippen LogP contribution is 2.24. The minimum absolute atomic E-state index is 0.166. The van der Waals surface area contributed by atoms with Crippen molar-refractivity contribution in [3.63, 3.8) is 0 Å². The monoisotopic (exact) mass is 311 g/mol. The maximum Gasteiger partial charge on any atom is 0.306 e. The van der Waals surface area contributed by atoms with Crippen molar-refractivity contribution in [2.45, 2.75) is 32.4 Å². The summed E-state index contributed by atoms with van der Waals surface area (Å²) in [5.41, 5.74) is 1.28. The van der Waals surface area contributed by atoms with Crippen LogP contribution in [0.2, 0.25) is 0 Å². The van der Waals surface area contributed by atoms with Crippen LogP contribution in [-0.2, 0) is 11.3 Å². The number of hydrogen-bond acceptors (Lipinski definition) is 2. The third kappa shape index (κ3) is 3.33. The van der Waals surface area contributed by atoms with Gasteiger partial charge in [0.2, 0.25) is 0 Å². The normalized spacial score (nSPS) is 25.0. The van der Waals surface area contributed by atoms with Crippen LogP contribution < -0.4 is 0 Å². The van der Waals surface area contributed by atoms with E-state index in [0.717, 1.165) is 30.4 Å². The van der Waals surface area contributed by atoms with Crippen molar-refractivity contribution in [1.29, 1.82) is 0 Å². The Morgan fingerprint density at radius 2 is 2.11 bits per heavy atom. The van der Waals surface area contributed by atoms with Crippen molar-refractivity contribution >= 4 is 21.9 Å². The van der Waals surface area contributed by atoms with Gasteiger partial charge in [-0.1, -0.05) is 28.1 Å². The number of carboxylic acids is 1. The standard InChI is InChI=1S/C14H18BrNO2/c1-10-8-12(14(17)18)6-7-16(10)9-11-2-4-13(15)5-3-11/h2-5,10,12H,6-9H2,1H3,(H,17,18). The first kappa shape index (κ1) is 13.6. The Hall–Kier alpha value is -0.870. The van der Waals surface area contributed by atoms with Crippen molar-refractivity contribution in [1.82, 2.24) is 4.90 Å². The fourth-order valence-corrected chi connectivity index (χ4v) is 2.77. The van der Waals surface area contributed by atoms with Crippen LogP contribution in [0.25, 0.3) is 0 Å². The zero-order valence-electron chi connectivity index (χ0n) is 10.5. The van der Waals surface area contributed by atoms with Crippen molar-refractivity contribution in [3.05, 3.63) is 34.3 Å². The van der Waals surface area contributed by atoms with Crippen molar-refractivity contribution in [3.8, 4) is 0 Å². The number of piperidine rings is 1. The molecule has 1 saturated heterocycles. The average molecular weight is 312 g/mol. The lowest BCUT2D eigenvalue weighted by Gasteiger charge is -2.36. The van der Waals surface area contributed by atoms with E-state index in [4.69, 9.17) is 5.11 Å². The first-order chi connectivity index (χ1) is 8.56. The van der Waals surface area contributed by atoms with E-state index in [1.54, 1.807) is 0 Å². The molecule has 0 bridgehead atoms. The molecule has 0 aliphatic carbocycles. The number of aliphatic carboxylic acids is 1. The van der Waals surface area contributed by atoms with Crippen LogP contribution in [0.5, 0.6) is 0 Å². The molecule has 1 fully saturated rings. The molecule has 0 amide bonds. The number of hydrogen-bond donors (Lipinski definition) is 1. The summed E-state index contributed by atoms with van der Waals surface area (Å²) in [5.74, 6) is -0.814. The van der Waals surface area contributed by atoms with E-state index in [0.29, 0.717) is 6.04 Å². The molecule has 2 unspecified atom stereocenters. The highest BCUT2D eigenvalue weighted by Gasteiger charge is 2.29. The maximum atomic E-state index is 11.0. The lowest BCUT2D eigenvalue weighted by molar-refractivity contribution is -0.144. The molecule has 1 aliphatic rings. The summed E-state index contributed by atoms with van der Waals surface area (Å²) in [5, 5.41) is 9.04. The van der Waals surface area contributed by atoms with Crippen LogP contribution in [0.4, 0.5) is 0 Å². The van der Waals surface area contributed by atoms with Crippen molar-refractivity contribution in [2.75, 3.05) is 6.54 Å². The molecule has 18 heavy (non-hydrogen) atoms. The predicted octanol–water partition coefficient (Wildman–Crippen LogP) is 3.13. The van der Waals surface area contributed by atoms with Gasteiger partial charge in [0.05, 0.1) is 5.92 Å². The Labute approximate surface area is 116 Å². The fraction of sp³-hybridized carbons (Fsp3) is 0.500. The Bertz CT molecular complexity index is 418. The molecular formula is C14H18BrNO2. The third-order valence-corrected chi connectivity index (χ3v) is 4.19. The van der Waals surface area contributed by atoms with Crippen LogP contribution in [0.15, 0.2) is 28.7 Å². The molecule has 1 N–H and O–H groups in total. The molecular weight excluding hydrogens is 294 g/mol. The molecule has 3 nitrogen and oxygen atoms in total. The van der Waals surface area contributed by atoms with E-state index in [9.17, 15) is 4.79 Å². The molecule has 98 valence electrons. The summed E-state index contributed by atoms with van der Waals surface area (Å²) in [4.78, 5) is 13.3. The van der Waals surface area contributed by atoms with E-state index < -0.39 is 5.97 Å². The number of rotatable bonds is 3. The van der Waals surface area contributed by atoms with E-state index in [2.05, 4.69) is 39.9 Å². The Kier molecular flexibility index (Phi) is 4.40. The molecule has 1 aliphatic heterocycles. The highest BCUT2D eigenvalue weighted by molar-refractivity contribution is 9.10. The van der Waals surface area contributed by atoms with Gasteiger partial charge in [-0.2, -0.15) is 0 Å². The first-order valence-corrected chi connectivity index (χ1v) is 7.07. The Morgan fingerprint density at radius 3 is 2.67 bits per heavy atom. The van der Waals surface area contributed by atoms with Gasteiger partial charge >= 0.3 is 5.97 Å². The van der Waals surface area contributed by atoms with E-state index in [-0.39, 0.29) is 5.92 Å². The number of carboxylic acid groups (broad SMARTS) is 1. The van der Waals surface area contributed by atoms with Gasteiger partial charge in [0.25, 0.3) is 0 Å². The number of benzene rings is 1. The van der Waals surface area contributed by atoms with Crippen molar-refractivity contribution < 1.29 is 9.90 Å². The zero-order chi connectivity index (χ0) is 13.1. The fourth-order valence-electron chi connectivity index (χ4n) is 2.50. The summed E-state index contributed by atoms with van der Waals surface area (Å²) in [6, 6.07) is 8.65. The van der Waals surface area contributed by atoms with Gasteiger partial charge in [-0.15, -0.1) is 0 Å². The van der Waals surface area contributed by atoms with Crippen molar-refractivity contribution in [2.24, 2.45) is 5.92 Å². The number of halogens is 1. The molecule has 0 aromatic heterocycles. The van der Waals surface area contributed by atoms with Crippen LogP contribution in [0.1, 0.15) is 25.3 Å². The van der Waals surface area contributed by atoms with Crippen LogP contribution in [0.3, 0.4) is 0 Å². The van der Waals surface area contributed by atoms with Crippen LogP contribution in [0, 0.1) is 5.92 Å². The van der Waals surface area contributed by atoms with Gasteiger partial charge in [0.1, 0.15) is 0 Å². The maximum absolute atomic E-state index is 11.0. The first-order valence-electron chi connectivity index (χ1n) is 6.27. The molecule has 2 atom stereocenters. The van der Waals surface area contributed by atoms with E-state index in [1.807, 2.05) is 12.1 Å². The Morgan fingerprint density at radius 1 is 1.44 bits per heavy atom. The lowest BCUT2D eigenvalue weighted by Crippen LogP contribution is -2.42. The van der Waals surface area contributed by atoms with Gasteiger partial charge in [-0.3, -0.25) is 9.69 Å². The van der Waals surface area contributed by atoms with Gasteiger partial charge in [-0.25, -0.2) is 0 Å². The van der Waals surface area contributed by atoms with Gasteiger partial charge < -0.3 is 5.11 Å². The second-order valence-electron chi connectivity index (χ2n) is 5.01. The Balaban J connectivity index is 1.95. The lowest BCUT2D eigenvalue weighted by atomic mass is 9.91. The average Bonchev–Trinajstić information content (AvgIpc) is 2.34. The number of carbonyl (C=O) groups is 1. The smallest absolute Gasteiger partial charge is 0.306 e. The minimum Gasteiger partial charge on any atom is -0.481 e. The van der Waals surface area contributed by atoms with Gasteiger partial charge in [0, 0.05) is 17.1 Å². The summed E-state index contributed by atoms with van der Waals surface area (Å²) >= 11 is 3.43. The SMILES string of the molecule is CC1CC(C(=O)O)CCN1Cc1ccc(Br)cc1. The van der Waals surface area contributed by atoms with Gasteiger partial charge in [0.15, 0.2) is 0 Å². The van der Waals surface area contributed by atoms with E-state index in [1.165, 1.54) is 5.56 Å². The molecule has 0 radical (unpaired) electrons. The molecule has 2 rings (SSSR count). The highest BCUT2D eigenvalue weighted by atomic mass is 79.9. The molecule has 1 heterocycles. The number of likely N-dealkylation sites (tertiary alicyclic amines) is 1. The summed E-state index contributed by atoms with van der Waals surface area (Å²) in [7, 11) is 0. The molecule has 0 spiro atoms. The zero-order valence-corrected chi connectivity index (χ0v) is 12.1. The topological polar surface area (TPSA) is 40.5 Å². The molecule has 4 heteroatoms.